The smallest absolute Gasteiger partial charge is 0.0247 e. The average Bonchev–Trinajstić information content (AvgIpc) is 2.02. The molecule has 0 saturated heterocycles. The summed E-state index contributed by atoms with van der Waals surface area (Å²) in [5, 5.41) is 6.04. The van der Waals surface area contributed by atoms with Gasteiger partial charge in [0, 0.05) is 20.3 Å². The molecule has 0 spiro atoms. The Morgan fingerprint density at radius 3 is 2.50 bits per heavy atom. The van der Waals surface area contributed by atoms with Gasteiger partial charge in [0.05, 0.1) is 0 Å². The lowest BCUT2D eigenvalue weighted by molar-refractivity contribution is 0.436. The van der Waals surface area contributed by atoms with Crippen molar-refractivity contribution in [1.29, 1.82) is 0 Å². The Kier molecular flexibility index (Phi) is 7.17. The first-order chi connectivity index (χ1) is 6.52. The summed E-state index contributed by atoms with van der Waals surface area (Å²) in [4.78, 5) is 0. The summed E-state index contributed by atoms with van der Waals surface area (Å²) in [6.07, 6.45) is 7.84. The Morgan fingerprint density at radius 2 is 2.00 bits per heavy atom. The molecule has 2 heteroatoms. The van der Waals surface area contributed by atoms with Crippen molar-refractivity contribution < 1.29 is 0 Å². The Labute approximate surface area is 88.7 Å². The van der Waals surface area contributed by atoms with Crippen molar-refractivity contribution in [2.75, 3.05) is 14.1 Å². The zero-order chi connectivity index (χ0) is 11.0. The summed E-state index contributed by atoms with van der Waals surface area (Å²) in [7, 11) is 3.90. The predicted octanol–water partition coefficient (Wildman–Crippen LogP) is 3.31. The third-order valence-corrected chi connectivity index (χ3v) is 2.03. The van der Waals surface area contributed by atoms with Crippen LogP contribution in [0.3, 0.4) is 0 Å². The zero-order valence-electron chi connectivity index (χ0n) is 10.2. The van der Waals surface area contributed by atoms with Crippen LogP contribution >= 0.6 is 0 Å². The molecule has 0 aromatic carbocycles. The fraction of sp³-hybridized carbons (Fsp3) is 0.750. The second-order valence-corrected chi connectivity index (χ2v) is 4.34. The van der Waals surface area contributed by atoms with Gasteiger partial charge in [0.15, 0.2) is 0 Å². The zero-order valence-corrected chi connectivity index (χ0v) is 10.2. The van der Waals surface area contributed by atoms with Gasteiger partial charge in [-0.05, 0) is 39.0 Å². The van der Waals surface area contributed by atoms with Gasteiger partial charge < -0.3 is 5.01 Å². The molecule has 82 valence electrons. The number of allylic oxidation sites excluding steroid dienone is 2. The van der Waals surface area contributed by atoms with Crippen molar-refractivity contribution in [1.82, 2.24) is 5.01 Å². The van der Waals surface area contributed by atoms with Crippen molar-refractivity contribution in [3.8, 4) is 0 Å². The first-order valence-electron chi connectivity index (χ1n) is 5.35. The van der Waals surface area contributed by atoms with E-state index < -0.39 is 0 Å². The lowest BCUT2D eigenvalue weighted by atomic mass is 10.0. The van der Waals surface area contributed by atoms with Crippen LogP contribution in [0, 0.1) is 5.92 Å². The topological polar surface area (TPSA) is 15.6 Å². The third kappa shape index (κ3) is 9.30. The summed E-state index contributed by atoms with van der Waals surface area (Å²) in [5.74, 6) is 0.731. The average molecular weight is 196 g/mol. The number of rotatable bonds is 6. The molecule has 0 rings (SSSR count). The Hall–Kier alpha value is -0.790. The molecule has 0 radical (unpaired) electrons. The van der Waals surface area contributed by atoms with Crippen LogP contribution in [0.5, 0.6) is 0 Å². The van der Waals surface area contributed by atoms with Gasteiger partial charge in [-0.1, -0.05) is 18.6 Å². The molecule has 0 unspecified atom stereocenters. The maximum Gasteiger partial charge on any atom is 0.0247 e. The molecular weight excluding hydrogens is 172 g/mol. The van der Waals surface area contributed by atoms with Gasteiger partial charge in [0.2, 0.25) is 0 Å². The van der Waals surface area contributed by atoms with E-state index in [-0.39, 0.29) is 0 Å². The largest absolute Gasteiger partial charge is 0.303 e. The van der Waals surface area contributed by atoms with Crippen LogP contribution < -0.4 is 0 Å². The molecule has 0 fully saturated rings. The molecule has 14 heavy (non-hydrogen) atoms. The van der Waals surface area contributed by atoms with Crippen molar-refractivity contribution >= 4 is 6.21 Å². The molecule has 0 aliphatic carbocycles. The Balaban J connectivity index is 3.56. The van der Waals surface area contributed by atoms with Gasteiger partial charge in [0.1, 0.15) is 0 Å². The standard InChI is InChI=1S/C12H24N2/c1-11(2)7-6-8-12(3)9-10-13-14(4)5/h7,10,12H,6,8-9H2,1-5H3/b13-10-/t12-/m1/s1. The summed E-state index contributed by atoms with van der Waals surface area (Å²) in [6, 6.07) is 0. The minimum Gasteiger partial charge on any atom is -0.303 e. The normalized spacial score (nSPS) is 12.9. The molecule has 2 nitrogen and oxygen atoms in total. The van der Waals surface area contributed by atoms with Crippen LogP contribution in [-0.2, 0) is 0 Å². The molecule has 0 bridgehead atoms. The fourth-order valence-corrected chi connectivity index (χ4v) is 1.16. The minimum atomic E-state index is 0.731. The van der Waals surface area contributed by atoms with Crippen LogP contribution in [0.1, 0.15) is 40.0 Å². The number of hydrogen-bond acceptors (Lipinski definition) is 2. The van der Waals surface area contributed by atoms with Crippen LogP contribution in [0.25, 0.3) is 0 Å². The molecular formula is C12H24N2. The van der Waals surface area contributed by atoms with Crippen molar-refractivity contribution in [3.63, 3.8) is 0 Å². The highest BCUT2D eigenvalue weighted by Crippen LogP contribution is 2.10. The second kappa shape index (κ2) is 7.60. The fourth-order valence-electron chi connectivity index (χ4n) is 1.16. The van der Waals surface area contributed by atoms with E-state index in [0.29, 0.717) is 0 Å². The maximum absolute atomic E-state index is 4.20. The molecule has 0 N–H and O–H groups in total. The number of hydrogen-bond donors (Lipinski definition) is 0. The van der Waals surface area contributed by atoms with Crippen LogP contribution in [-0.4, -0.2) is 25.3 Å². The molecule has 0 saturated carbocycles. The summed E-state index contributed by atoms with van der Waals surface area (Å²) >= 11 is 0. The van der Waals surface area contributed by atoms with E-state index in [1.165, 1.54) is 18.4 Å². The third-order valence-electron chi connectivity index (χ3n) is 2.03. The first-order valence-corrected chi connectivity index (χ1v) is 5.35. The number of hydrazone groups is 1. The Morgan fingerprint density at radius 1 is 1.36 bits per heavy atom. The first kappa shape index (κ1) is 13.2. The predicted molar refractivity (Wildman–Crippen MR) is 64.6 cm³/mol. The molecule has 1 atom stereocenters. The van der Waals surface area contributed by atoms with Gasteiger partial charge in [-0.15, -0.1) is 0 Å². The molecule has 0 amide bonds. The molecule has 0 aliphatic rings. The van der Waals surface area contributed by atoms with Crippen molar-refractivity contribution in [3.05, 3.63) is 11.6 Å². The van der Waals surface area contributed by atoms with Crippen molar-refractivity contribution in [2.45, 2.75) is 40.0 Å². The van der Waals surface area contributed by atoms with E-state index in [2.05, 4.69) is 31.9 Å². The van der Waals surface area contributed by atoms with E-state index >= 15 is 0 Å². The van der Waals surface area contributed by atoms with E-state index in [1.807, 2.05) is 25.3 Å². The quantitative estimate of drug-likeness (QED) is 0.361. The van der Waals surface area contributed by atoms with Gasteiger partial charge in [-0.25, -0.2) is 0 Å². The molecule has 0 aliphatic heterocycles. The lowest BCUT2D eigenvalue weighted by Crippen LogP contribution is -2.03. The summed E-state index contributed by atoms with van der Waals surface area (Å²) < 4.78 is 0. The van der Waals surface area contributed by atoms with E-state index in [0.717, 1.165) is 12.3 Å². The SMILES string of the molecule is CC(C)=CCC[C@@H](C)C/C=N\N(C)C. The molecule has 0 aromatic rings. The highest BCUT2D eigenvalue weighted by atomic mass is 15.4. The number of nitrogens with zero attached hydrogens (tertiary/aromatic N) is 2. The van der Waals surface area contributed by atoms with Crippen LogP contribution in [0.2, 0.25) is 0 Å². The molecule has 0 heterocycles. The van der Waals surface area contributed by atoms with Gasteiger partial charge in [0.25, 0.3) is 0 Å². The van der Waals surface area contributed by atoms with E-state index in [1.54, 1.807) is 0 Å². The summed E-state index contributed by atoms with van der Waals surface area (Å²) in [6.45, 7) is 6.58. The van der Waals surface area contributed by atoms with E-state index in [9.17, 15) is 0 Å². The highest BCUT2D eigenvalue weighted by Gasteiger charge is 1.98. The highest BCUT2D eigenvalue weighted by molar-refractivity contribution is 5.56. The van der Waals surface area contributed by atoms with Gasteiger partial charge >= 0.3 is 0 Å². The van der Waals surface area contributed by atoms with Crippen LogP contribution in [0.15, 0.2) is 16.8 Å². The summed E-state index contributed by atoms with van der Waals surface area (Å²) in [5.41, 5.74) is 1.42. The second-order valence-electron chi connectivity index (χ2n) is 4.34. The Bertz CT molecular complexity index is 188. The van der Waals surface area contributed by atoms with Crippen molar-refractivity contribution in [2.24, 2.45) is 11.0 Å². The minimum absolute atomic E-state index is 0.731. The van der Waals surface area contributed by atoms with Crippen LogP contribution in [0.4, 0.5) is 0 Å². The lowest BCUT2D eigenvalue weighted by Gasteiger charge is -2.07. The molecule has 0 aromatic heterocycles. The van der Waals surface area contributed by atoms with Gasteiger partial charge in [-0.3, -0.25) is 0 Å². The monoisotopic (exact) mass is 196 g/mol. The van der Waals surface area contributed by atoms with E-state index in [4.69, 9.17) is 0 Å². The van der Waals surface area contributed by atoms with Gasteiger partial charge in [-0.2, -0.15) is 5.10 Å². The maximum atomic E-state index is 4.20.